The number of amides is 1. The van der Waals surface area contributed by atoms with Gasteiger partial charge in [-0.05, 0) is 48.7 Å². The van der Waals surface area contributed by atoms with Crippen molar-refractivity contribution in [2.45, 2.75) is 25.7 Å². The van der Waals surface area contributed by atoms with Crippen molar-refractivity contribution in [3.8, 4) is 33.8 Å². The average molecular weight is 508 g/mol. The topological polar surface area (TPSA) is 125 Å². The monoisotopic (exact) mass is 507 g/mol. The number of pyridine rings is 2. The molecule has 1 aliphatic carbocycles. The van der Waals surface area contributed by atoms with Gasteiger partial charge in [-0.1, -0.05) is 12.8 Å². The fourth-order valence-electron chi connectivity index (χ4n) is 5.21. The zero-order valence-corrected chi connectivity index (χ0v) is 20.2. The van der Waals surface area contributed by atoms with Crippen molar-refractivity contribution < 1.29 is 13.6 Å². The van der Waals surface area contributed by atoms with Gasteiger partial charge in [-0.3, -0.25) is 14.9 Å². The number of aromatic amines is 2. The summed E-state index contributed by atoms with van der Waals surface area (Å²) in [5.74, 6) is 0.0497. The molecular formula is C28H22FN7O2. The third kappa shape index (κ3) is 3.81. The van der Waals surface area contributed by atoms with Crippen molar-refractivity contribution in [2.24, 2.45) is 5.92 Å². The third-order valence-electron chi connectivity index (χ3n) is 7.14. The summed E-state index contributed by atoms with van der Waals surface area (Å²) in [6.07, 6.45) is 12.2. The van der Waals surface area contributed by atoms with Crippen LogP contribution >= 0.6 is 0 Å². The molecule has 0 atom stereocenters. The quantitative estimate of drug-likeness (QED) is 0.259. The van der Waals surface area contributed by atoms with Crippen LogP contribution in [0.5, 0.6) is 0 Å². The van der Waals surface area contributed by atoms with Gasteiger partial charge in [0, 0.05) is 40.4 Å². The molecule has 5 heterocycles. The molecule has 6 aromatic rings. The SMILES string of the molecule is O=C(Nc1cncc(-c2cc(F)c3n[nH]c(-c4nc5nccc(-c6ccoc6)c5[nH]4)c3c2)c1)C1CCCC1. The maximum atomic E-state index is 15.2. The second-order valence-corrected chi connectivity index (χ2v) is 9.54. The molecule has 10 heteroatoms. The summed E-state index contributed by atoms with van der Waals surface area (Å²) in [4.78, 5) is 29.2. The molecule has 1 aromatic carbocycles. The third-order valence-corrected chi connectivity index (χ3v) is 7.14. The van der Waals surface area contributed by atoms with Gasteiger partial charge in [0.1, 0.15) is 11.2 Å². The number of rotatable bonds is 5. The lowest BCUT2D eigenvalue weighted by molar-refractivity contribution is -0.119. The van der Waals surface area contributed by atoms with Crippen molar-refractivity contribution in [3.63, 3.8) is 0 Å². The molecule has 188 valence electrons. The fourth-order valence-corrected chi connectivity index (χ4v) is 5.21. The molecule has 9 nitrogen and oxygen atoms in total. The van der Waals surface area contributed by atoms with Gasteiger partial charge >= 0.3 is 0 Å². The number of hydrogen-bond donors (Lipinski definition) is 3. The van der Waals surface area contributed by atoms with E-state index in [-0.39, 0.29) is 17.3 Å². The van der Waals surface area contributed by atoms with E-state index < -0.39 is 5.82 Å². The lowest BCUT2D eigenvalue weighted by Gasteiger charge is -2.11. The van der Waals surface area contributed by atoms with Crippen molar-refractivity contribution in [1.29, 1.82) is 0 Å². The van der Waals surface area contributed by atoms with Crippen LogP contribution in [0.2, 0.25) is 0 Å². The maximum absolute atomic E-state index is 15.2. The Morgan fingerprint density at radius 2 is 1.97 bits per heavy atom. The average Bonchev–Trinajstić information content (AvgIpc) is 3.74. The first-order valence-electron chi connectivity index (χ1n) is 12.5. The molecule has 0 spiro atoms. The Balaban J connectivity index is 1.28. The minimum atomic E-state index is -0.478. The van der Waals surface area contributed by atoms with Gasteiger partial charge in [0.25, 0.3) is 0 Å². The van der Waals surface area contributed by atoms with Crippen LogP contribution in [0.4, 0.5) is 10.1 Å². The molecule has 0 aliphatic heterocycles. The Bertz CT molecular complexity index is 1800. The lowest BCUT2D eigenvalue weighted by Crippen LogP contribution is -2.20. The highest BCUT2D eigenvalue weighted by Gasteiger charge is 2.23. The van der Waals surface area contributed by atoms with E-state index in [4.69, 9.17) is 4.42 Å². The van der Waals surface area contributed by atoms with Crippen LogP contribution in [0.3, 0.4) is 0 Å². The van der Waals surface area contributed by atoms with Gasteiger partial charge in [0.2, 0.25) is 5.91 Å². The second-order valence-electron chi connectivity index (χ2n) is 9.54. The summed E-state index contributed by atoms with van der Waals surface area (Å²) in [6.45, 7) is 0. The van der Waals surface area contributed by atoms with Crippen molar-refractivity contribution >= 4 is 33.7 Å². The molecule has 3 N–H and O–H groups in total. The predicted octanol–water partition coefficient (Wildman–Crippen LogP) is 6.09. The Kier molecular flexibility index (Phi) is 5.24. The first-order chi connectivity index (χ1) is 18.6. The summed E-state index contributed by atoms with van der Waals surface area (Å²) in [5.41, 5.74) is 5.64. The van der Waals surface area contributed by atoms with Gasteiger partial charge in [-0.15, -0.1) is 0 Å². The van der Waals surface area contributed by atoms with Gasteiger partial charge in [0.05, 0.1) is 29.9 Å². The van der Waals surface area contributed by atoms with Crippen LogP contribution in [0, 0.1) is 11.7 Å². The molecule has 0 saturated heterocycles. The molecule has 1 amide bonds. The minimum absolute atomic E-state index is 0.00786. The second kappa shape index (κ2) is 8.91. The number of imidazole rings is 1. The highest BCUT2D eigenvalue weighted by Crippen LogP contribution is 2.34. The number of fused-ring (bicyclic) bond motifs is 2. The smallest absolute Gasteiger partial charge is 0.227 e. The zero-order valence-electron chi connectivity index (χ0n) is 20.2. The Morgan fingerprint density at radius 1 is 1.08 bits per heavy atom. The number of aromatic nitrogens is 6. The number of furan rings is 1. The highest BCUT2D eigenvalue weighted by atomic mass is 19.1. The van der Waals surface area contributed by atoms with Crippen molar-refractivity contribution in [1.82, 2.24) is 30.1 Å². The number of carbonyl (C=O) groups is 1. The van der Waals surface area contributed by atoms with E-state index >= 15 is 4.39 Å². The summed E-state index contributed by atoms with van der Waals surface area (Å²) in [7, 11) is 0. The number of benzene rings is 1. The number of carbonyl (C=O) groups excluding carboxylic acids is 1. The van der Waals surface area contributed by atoms with E-state index in [2.05, 4.69) is 35.5 Å². The molecule has 0 bridgehead atoms. The van der Waals surface area contributed by atoms with Crippen LogP contribution in [0.15, 0.2) is 65.9 Å². The Morgan fingerprint density at radius 3 is 2.82 bits per heavy atom. The molecule has 1 aliphatic rings. The molecule has 5 aromatic heterocycles. The molecule has 7 rings (SSSR count). The van der Waals surface area contributed by atoms with Crippen LogP contribution in [-0.2, 0) is 4.79 Å². The normalized spacial score (nSPS) is 14.0. The van der Waals surface area contributed by atoms with Crippen LogP contribution in [0.25, 0.3) is 55.8 Å². The van der Waals surface area contributed by atoms with Crippen molar-refractivity contribution in [2.75, 3.05) is 5.32 Å². The number of hydrogen-bond acceptors (Lipinski definition) is 6. The predicted molar refractivity (Wildman–Crippen MR) is 140 cm³/mol. The number of nitrogens with zero attached hydrogens (tertiary/aromatic N) is 4. The van der Waals surface area contributed by atoms with Gasteiger partial charge in [-0.2, -0.15) is 5.10 Å². The summed E-state index contributed by atoms with van der Waals surface area (Å²) in [5, 5.41) is 10.7. The molecule has 0 unspecified atom stereocenters. The molecular weight excluding hydrogens is 485 g/mol. The number of anilines is 1. The first-order valence-corrected chi connectivity index (χ1v) is 12.5. The lowest BCUT2D eigenvalue weighted by atomic mass is 10.0. The van der Waals surface area contributed by atoms with E-state index in [0.29, 0.717) is 39.4 Å². The van der Waals surface area contributed by atoms with E-state index in [1.54, 1.807) is 31.1 Å². The van der Waals surface area contributed by atoms with Gasteiger partial charge < -0.3 is 14.7 Å². The summed E-state index contributed by atoms with van der Waals surface area (Å²) >= 11 is 0. The van der Waals surface area contributed by atoms with Gasteiger partial charge in [0.15, 0.2) is 17.3 Å². The zero-order chi connectivity index (χ0) is 25.6. The maximum Gasteiger partial charge on any atom is 0.227 e. The van der Waals surface area contributed by atoms with E-state index in [0.717, 1.165) is 42.3 Å². The highest BCUT2D eigenvalue weighted by molar-refractivity contribution is 5.98. The van der Waals surface area contributed by atoms with E-state index in [1.807, 2.05) is 24.3 Å². The van der Waals surface area contributed by atoms with Gasteiger partial charge in [-0.25, -0.2) is 14.4 Å². The molecule has 1 saturated carbocycles. The largest absolute Gasteiger partial charge is 0.472 e. The number of nitrogens with one attached hydrogen (secondary N) is 3. The Hall–Kier alpha value is -4.86. The molecule has 0 radical (unpaired) electrons. The first kappa shape index (κ1) is 22.3. The Labute approximate surface area is 215 Å². The molecule has 1 fully saturated rings. The van der Waals surface area contributed by atoms with E-state index in [1.165, 1.54) is 6.07 Å². The van der Waals surface area contributed by atoms with E-state index in [9.17, 15) is 4.79 Å². The summed E-state index contributed by atoms with van der Waals surface area (Å²) in [6, 6.07) is 8.81. The number of halogens is 1. The summed E-state index contributed by atoms with van der Waals surface area (Å²) < 4.78 is 20.4. The van der Waals surface area contributed by atoms with Crippen LogP contribution in [-0.4, -0.2) is 36.0 Å². The molecule has 38 heavy (non-hydrogen) atoms. The van der Waals surface area contributed by atoms with Crippen LogP contribution in [0.1, 0.15) is 25.7 Å². The number of H-pyrrole nitrogens is 2. The van der Waals surface area contributed by atoms with Crippen molar-refractivity contribution in [3.05, 3.63) is 67.3 Å². The minimum Gasteiger partial charge on any atom is -0.472 e. The van der Waals surface area contributed by atoms with Crippen LogP contribution < -0.4 is 5.32 Å². The fraction of sp³-hybridized carbons (Fsp3) is 0.179. The standard InChI is InChI=1S/C28H22FN7O2/c29-22-11-17(18-9-19(13-30-12-18)32-28(37)15-3-1-2-4-15)10-21-23(22)35-36-25(21)27-33-24-20(16-6-8-38-14-16)5-7-31-26(24)34-27/h5-15H,1-4H2,(H,32,37)(H,35,36)(H,31,33,34).